The second kappa shape index (κ2) is 4.90. The van der Waals surface area contributed by atoms with Crippen molar-refractivity contribution in [3.63, 3.8) is 0 Å². The zero-order valence-corrected chi connectivity index (χ0v) is 8.87. The number of nitriles is 1. The molecule has 1 N–H and O–H groups in total. The Morgan fingerprint density at radius 3 is 2.73 bits per heavy atom. The molecule has 0 aromatic heterocycles. The van der Waals surface area contributed by atoms with E-state index in [2.05, 4.69) is 0 Å². The van der Waals surface area contributed by atoms with E-state index in [1.165, 1.54) is 6.07 Å². The van der Waals surface area contributed by atoms with Crippen LogP contribution >= 0.6 is 0 Å². The van der Waals surface area contributed by atoms with Gasteiger partial charge in [0.25, 0.3) is 0 Å². The molecular weight excluding hydrogens is 193 g/mol. The molecule has 2 nitrogen and oxygen atoms in total. The van der Waals surface area contributed by atoms with Crippen LogP contribution in [0.25, 0.3) is 0 Å². The highest BCUT2D eigenvalue weighted by Gasteiger charge is 2.21. The van der Waals surface area contributed by atoms with Crippen molar-refractivity contribution >= 4 is 0 Å². The van der Waals surface area contributed by atoms with Gasteiger partial charge in [-0.3, -0.25) is 0 Å². The van der Waals surface area contributed by atoms with Crippen LogP contribution in [-0.2, 0) is 0 Å². The Kier molecular flexibility index (Phi) is 3.81. The van der Waals surface area contributed by atoms with Gasteiger partial charge in [-0.1, -0.05) is 24.6 Å². The van der Waals surface area contributed by atoms with Crippen LogP contribution in [0.4, 0.5) is 4.39 Å². The topological polar surface area (TPSA) is 44.0 Å². The first-order valence-electron chi connectivity index (χ1n) is 4.93. The fourth-order valence-electron chi connectivity index (χ4n) is 1.49. The number of halogens is 1. The van der Waals surface area contributed by atoms with E-state index in [4.69, 9.17) is 5.26 Å². The molecule has 1 aromatic carbocycles. The first-order chi connectivity index (χ1) is 7.10. The normalized spacial score (nSPS) is 14.3. The molecule has 15 heavy (non-hydrogen) atoms. The molecule has 0 saturated carbocycles. The minimum atomic E-state index is -1.04. The molecule has 0 radical (unpaired) electrons. The molecule has 0 amide bonds. The molecule has 0 saturated heterocycles. The second-order valence-corrected chi connectivity index (χ2v) is 3.61. The second-order valence-electron chi connectivity index (χ2n) is 3.61. The summed E-state index contributed by atoms with van der Waals surface area (Å²) in [6.07, 6.45) is -0.537. The first kappa shape index (κ1) is 11.7. The van der Waals surface area contributed by atoms with E-state index in [-0.39, 0.29) is 5.56 Å². The minimum absolute atomic E-state index is 0.211. The number of aryl methyl sites for hydroxylation is 1. The molecule has 3 heteroatoms. The fraction of sp³-hybridized carbons (Fsp3) is 0.417. The summed E-state index contributed by atoms with van der Waals surface area (Å²) >= 11 is 0. The number of nitrogens with zero attached hydrogens (tertiary/aromatic N) is 1. The number of hydrogen-bond donors (Lipinski definition) is 1. The standard InChI is InChI=1S/C12H14FNO/c1-3-9(7-14)12(15)10-6-8(2)4-5-11(10)13/h4-6,9,12,15H,3H2,1-2H3. The van der Waals surface area contributed by atoms with Crippen molar-refractivity contribution in [2.75, 3.05) is 0 Å². The van der Waals surface area contributed by atoms with Crippen molar-refractivity contribution in [2.45, 2.75) is 26.4 Å². The van der Waals surface area contributed by atoms with E-state index in [0.717, 1.165) is 5.56 Å². The summed E-state index contributed by atoms with van der Waals surface area (Å²) in [6.45, 7) is 3.62. The van der Waals surface area contributed by atoms with E-state index < -0.39 is 17.8 Å². The van der Waals surface area contributed by atoms with Gasteiger partial charge in [-0.2, -0.15) is 5.26 Å². The van der Waals surface area contributed by atoms with Crippen LogP contribution in [0.1, 0.15) is 30.6 Å². The maximum atomic E-state index is 13.4. The lowest BCUT2D eigenvalue weighted by atomic mass is 9.93. The van der Waals surface area contributed by atoms with Crippen molar-refractivity contribution in [1.29, 1.82) is 5.26 Å². The van der Waals surface area contributed by atoms with Crippen LogP contribution in [0.2, 0.25) is 0 Å². The van der Waals surface area contributed by atoms with Gasteiger partial charge >= 0.3 is 0 Å². The molecule has 0 fully saturated rings. The van der Waals surface area contributed by atoms with Crippen molar-refractivity contribution in [2.24, 2.45) is 5.92 Å². The van der Waals surface area contributed by atoms with E-state index in [9.17, 15) is 9.50 Å². The molecule has 2 atom stereocenters. The lowest BCUT2D eigenvalue weighted by Gasteiger charge is -2.16. The molecule has 0 aliphatic heterocycles. The molecule has 2 unspecified atom stereocenters. The third-order valence-electron chi connectivity index (χ3n) is 2.46. The van der Waals surface area contributed by atoms with Gasteiger partial charge in [-0.15, -0.1) is 0 Å². The van der Waals surface area contributed by atoms with Gasteiger partial charge in [0.2, 0.25) is 0 Å². The highest BCUT2D eigenvalue weighted by atomic mass is 19.1. The molecule has 1 rings (SSSR count). The van der Waals surface area contributed by atoms with Gasteiger partial charge < -0.3 is 5.11 Å². The summed E-state index contributed by atoms with van der Waals surface area (Å²) in [6, 6.07) is 6.52. The predicted molar refractivity (Wildman–Crippen MR) is 55.5 cm³/mol. The summed E-state index contributed by atoms with van der Waals surface area (Å²) in [5.74, 6) is -1.01. The Morgan fingerprint density at radius 2 is 2.20 bits per heavy atom. The number of hydrogen-bond acceptors (Lipinski definition) is 2. The number of rotatable bonds is 3. The van der Waals surface area contributed by atoms with Crippen LogP contribution in [0, 0.1) is 30.0 Å². The van der Waals surface area contributed by atoms with Crippen LogP contribution in [-0.4, -0.2) is 5.11 Å². The highest BCUT2D eigenvalue weighted by molar-refractivity contribution is 5.27. The highest BCUT2D eigenvalue weighted by Crippen LogP contribution is 2.26. The molecule has 0 spiro atoms. The van der Waals surface area contributed by atoms with Gasteiger partial charge in [0.05, 0.1) is 18.1 Å². The van der Waals surface area contributed by atoms with Gasteiger partial charge in [-0.05, 0) is 19.4 Å². The molecule has 0 heterocycles. The summed E-state index contributed by atoms with van der Waals surface area (Å²) in [4.78, 5) is 0. The maximum Gasteiger partial charge on any atom is 0.129 e. The zero-order valence-electron chi connectivity index (χ0n) is 8.87. The lowest BCUT2D eigenvalue weighted by Crippen LogP contribution is -2.11. The minimum Gasteiger partial charge on any atom is -0.387 e. The van der Waals surface area contributed by atoms with Crippen LogP contribution < -0.4 is 0 Å². The maximum absolute atomic E-state index is 13.4. The van der Waals surface area contributed by atoms with Crippen LogP contribution in [0.3, 0.4) is 0 Å². The largest absolute Gasteiger partial charge is 0.387 e. The molecule has 1 aromatic rings. The van der Waals surface area contributed by atoms with Gasteiger partial charge in [-0.25, -0.2) is 4.39 Å². The Morgan fingerprint density at radius 1 is 1.53 bits per heavy atom. The van der Waals surface area contributed by atoms with E-state index in [0.29, 0.717) is 6.42 Å². The average molecular weight is 207 g/mol. The van der Waals surface area contributed by atoms with Crippen LogP contribution in [0.5, 0.6) is 0 Å². The summed E-state index contributed by atoms with van der Waals surface area (Å²) in [5, 5.41) is 18.6. The van der Waals surface area contributed by atoms with Crippen molar-refractivity contribution in [1.82, 2.24) is 0 Å². The molecular formula is C12H14FNO. The van der Waals surface area contributed by atoms with Crippen LogP contribution in [0.15, 0.2) is 18.2 Å². The summed E-state index contributed by atoms with van der Waals surface area (Å²) < 4.78 is 13.4. The zero-order chi connectivity index (χ0) is 11.4. The molecule has 0 bridgehead atoms. The van der Waals surface area contributed by atoms with Crippen molar-refractivity contribution < 1.29 is 9.50 Å². The fourth-order valence-corrected chi connectivity index (χ4v) is 1.49. The average Bonchev–Trinajstić information content (AvgIpc) is 2.23. The Labute approximate surface area is 89.0 Å². The predicted octanol–water partition coefficient (Wildman–Crippen LogP) is 2.72. The summed E-state index contributed by atoms with van der Waals surface area (Å²) in [7, 11) is 0. The van der Waals surface area contributed by atoms with E-state index >= 15 is 0 Å². The number of aliphatic hydroxyl groups excluding tert-OH is 1. The molecule has 80 valence electrons. The summed E-state index contributed by atoms with van der Waals surface area (Å²) in [5.41, 5.74) is 1.08. The first-order valence-corrected chi connectivity index (χ1v) is 4.93. The van der Waals surface area contributed by atoms with Gasteiger partial charge in [0.15, 0.2) is 0 Å². The Hall–Kier alpha value is -1.40. The van der Waals surface area contributed by atoms with Crippen molar-refractivity contribution in [3.05, 3.63) is 35.1 Å². The Bertz CT molecular complexity index is 384. The molecule has 0 aliphatic carbocycles. The Balaban J connectivity index is 3.05. The van der Waals surface area contributed by atoms with Gasteiger partial charge in [0.1, 0.15) is 5.82 Å². The number of benzene rings is 1. The quantitative estimate of drug-likeness (QED) is 0.828. The number of aliphatic hydroxyl groups is 1. The third kappa shape index (κ3) is 2.54. The van der Waals surface area contributed by atoms with Gasteiger partial charge in [0, 0.05) is 5.56 Å². The van der Waals surface area contributed by atoms with E-state index in [1.807, 2.05) is 13.0 Å². The third-order valence-corrected chi connectivity index (χ3v) is 2.46. The lowest BCUT2D eigenvalue weighted by molar-refractivity contribution is 0.128. The monoisotopic (exact) mass is 207 g/mol. The SMILES string of the molecule is CCC(C#N)C(O)c1cc(C)ccc1F. The molecule has 0 aliphatic rings. The smallest absolute Gasteiger partial charge is 0.129 e. The van der Waals surface area contributed by atoms with Crippen molar-refractivity contribution in [3.8, 4) is 6.07 Å². The van der Waals surface area contributed by atoms with E-state index in [1.54, 1.807) is 19.1 Å².